The predicted molar refractivity (Wildman–Crippen MR) is 164 cm³/mol. The summed E-state index contributed by atoms with van der Waals surface area (Å²) < 4.78 is 5.52. The molecule has 0 aromatic heterocycles. The summed E-state index contributed by atoms with van der Waals surface area (Å²) in [6.45, 7) is 18.6. The Morgan fingerprint density at radius 3 is 2.15 bits per heavy atom. The minimum absolute atomic E-state index is 0.144. The van der Waals surface area contributed by atoms with Gasteiger partial charge in [0.25, 0.3) is 0 Å². The van der Waals surface area contributed by atoms with Gasteiger partial charge in [0.1, 0.15) is 17.7 Å². The Kier molecular flexibility index (Phi) is 15.9. The summed E-state index contributed by atoms with van der Waals surface area (Å²) >= 11 is 0. The van der Waals surface area contributed by atoms with Crippen LogP contribution in [0.25, 0.3) is 0 Å². The molecule has 0 saturated carbocycles. The molecule has 3 amide bonds. The first kappa shape index (κ1) is 35.5. The number of unbranched alkanes of at least 4 members (excludes halogenated alkanes) is 6. The van der Waals surface area contributed by atoms with E-state index in [1.54, 1.807) is 25.7 Å². The lowest BCUT2D eigenvalue weighted by molar-refractivity contribution is -0.143. The molecule has 1 aromatic carbocycles. The van der Waals surface area contributed by atoms with Crippen molar-refractivity contribution in [3.05, 3.63) is 34.9 Å². The third-order valence-corrected chi connectivity index (χ3v) is 7.31. The molecule has 0 bridgehead atoms. The molecule has 0 spiro atoms. The van der Waals surface area contributed by atoms with Crippen LogP contribution in [0.15, 0.2) is 18.2 Å². The minimum atomic E-state index is -0.809. The Balaban J connectivity index is 3.52. The lowest BCUT2D eigenvalue weighted by Crippen LogP contribution is -2.55. The normalized spacial score (nSPS) is 13.7. The monoisotopic (exact) mass is 559 g/mol. The average molecular weight is 560 g/mol. The van der Waals surface area contributed by atoms with E-state index in [1.165, 1.54) is 12.8 Å². The van der Waals surface area contributed by atoms with Gasteiger partial charge in [-0.3, -0.25) is 9.59 Å². The van der Waals surface area contributed by atoms with Crippen LogP contribution in [-0.2, 0) is 14.3 Å². The molecule has 0 heterocycles. The molecule has 2 N–H and O–H groups in total. The van der Waals surface area contributed by atoms with Gasteiger partial charge in [0.05, 0.1) is 0 Å². The lowest BCUT2D eigenvalue weighted by Gasteiger charge is -2.36. The predicted octanol–water partition coefficient (Wildman–Crippen LogP) is 7.39. The first-order valence-electron chi connectivity index (χ1n) is 15.5. The van der Waals surface area contributed by atoms with Crippen molar-refractivity contribution in [2.24, 2.45) is 5.92 Å². The van der Waals surface area contributed by atoms with Gasteiger partial charge < -0.3 is 20.3 Å². The van der Waals surface area contributed by atoms with Crippen molar-refractivity contribution in [1.82, 2.24) is 15.5 Å². The fraction of sp³-hybridized carbons (Fsp3) is 0.727. The van der Waals surface area contributed by atoms with E-state index in [9.17, 15) is 14.4 Å². The summed E-state index contributed by atoms with van der Waals surface area (Å²) in [6, 6.07) is 4.45. The summed E-state index contributed by atoms with van der Waals surface area (Å²) in [5, 5.41) is 5.95. The smallest absolute Gasteiger partial charge is 0.408 e. The van der Waals surface area contributed by atoms with Crippen LogP contribution >= 0.6 is 0 Å². The van der Waals surface area contributed by atoms with Crippen molar-refractivity contribution in [1.29, 1.82) is 0 Å². The molecule has 1 rings (SSSR count). The molecule has 3 unspecified atom stereocenters. The maximum absolute atomic E-state index is 14.4. The Morgan fingerprint density at radius 2 is 1.55 bits per heavy atom. The van der Waals surface area contributed by atoms with Gasteiger partial charge in [0, 0.05) is 13.1 Å². The molecule has 0 aliphatic carbocycles. The maximum atomic E-state index is 14.4. The number of hydrogen-bond acceptors (Lipinski definition) is 4. The largest absolute Gasteiger partial charge is 0.444 e. The molecule has 0 aliphatic heterocycles. The lowest BCUT2D eigenvalue weighted by atomic mass is 9.93. The molecule has 7 nitrogen and oxygen atoms in total. The Morgan fingerprint density at radius 1 is 0.925 bits per heavy atom. The second kappa shape index (κ2) is 18.0. The van der Waals surface area contributed by atoms with Gasteiger partial charge >= 0.3 is 6.09 Å². The van der Waals surface area contributed by atoms with E-state index in [1.807, 2.05) is 45.9 Å². The van der Waals surface area contributed by atoms with Crippen molar-refractivity contribution >= 4 is 17.9 Å². The quantitative estimate of drug-likeness (QED) is 0.195. The molecule has 228 valence electrons. The third kappa shape index (κ3) is 12.3. The van der Waals surface area contributed by atoms with Gasteiger partial charge in [-0.15, -0.1) is 0 Å². The zero-order valence-corrected chi connectivity index (χ0v) is 26.8. The van der Waals surface area contributed by atoms with E-state index in [4.69, 9.17) is 4.74 Å². The Bertz CT molecular complexity index is 925. The first-order valence-corrected chi connectivity index (χ1v) is 15.5. The van der Waals surface area contributed by atoms with E-state index >= 15 is 0 Å². The maximum Gasteiger partial charge on any atom is 0.408 e. The highest BCUT2D eigenvalue weighted by atomic mass is 16.6. The number of nitrogens with one attached hydrogen (secondary N) is 2. The number of nitrogens with zero attached hydrogens (tertiary/aromatic N) is 1. The first-order chi connectivity index (χ1) is 18.9. The van der Waals surface area contributed by atoms with E-state index < -0.39 is 23.8 Å². The van der Waals surface area contributed by atoms with Gasteiger partial charge in [0.2, 0.25) is 11.8 Å². The molecule has 7 heteroatoms. The summed E-state index contributed by atoms with van der Waals surface area (Å²) in [4.78, 5) is 42.8. The molecular weight excluding hydrogens is 502 g/mol. The van der Waals surface area contributed by atoms with Crippen LogP contribution in [0.3, 0.4) is 0 Å². The highest BCUT2D eigenvalue weighted by Crippen LogP contribution is 2.28. The Hall–Kier alpha value is -2.57. The van der Waals surface area contributed by atoms with Crippen LogP contribution in [0.4, 0.5) is 4.79 Å². The van der Waals surface area contributed by atoms with Crippen molar-refractivity contribution in [3.63, 3.8) is 0 Å². The van der Waals surface area contributed by atoms with Crippen LogP contribution in [0, 0.1) is 19.8 Å². The SMILES string of the molecule is CCCCCCCCN(C(=O)C(NC(=O)OC(C)(C)C)C(C)CC)C(C(=O)NCCCC)c1cc(C)ccc1C. The summed E-state index contributed by atoms with van der Waals surface area (Å²) in [7, 11) is 0. The number of hydrogen-bond donors (Lipinski definition) is 2. The molecule has 0 aliphatic rings. The van der Waals surface area contributed by atoms with Crippen LogP contribution in [-0.4, -0.2) is 47.5 Å². The highest BCUT2D eigenvalue weighted by molar-refractivity contribution is 5.92. The molecule has 40 heavy (non-hydrogen) atoms. The van der Waals surface area contributed by atoms with Gasteiger partial charge in [-0.05, 0) is 64.5 Å². The number of benzene rings is 1. The molecule has 3 atom stereocenters. The summed E-state index contributed by atoms with van der Waals surface area (Å²) in [5.74, 6) is -0.568. The topological polar surface area (TPSA) is 87.7 Å². The van der Waals surface area contributed by atoms with Crippen molar-refractivity contribution < 1.29 is 19.1 Å². The third-order valence-electron chi connectivity index (χ3n) is 7.31. The van der Waals surface area contributed by atoms with E-state index in [-0.39, 0.29) is 17.7 Å². The zero-order chi connectivity index (χ0) is 30.3. The number of alkyl carbamates (subject to hydrolysis) is 1. The average Bonchev–Trinajstić information content (AvgIpc) is 2.88. The van der Waals surface area contributed by atoms with Crippen LogP contribution in [0.5, 0.6) is 0 Å². The van der Waals surface area contributed by atoms with Crippen LogP contribution < -0.4 is 10.6 Å². The molecule has 1 aromatic rings. The second-order valence-electron chi connectivity index (χ2n) is 12.2. The summed E-state index contributed by atoms with van der Waals surface area (Å²) in [5.41, 5.74) is 2.13. The van der Waals surface area contributed by atoms with E-state index in [0.29, 0.717) is 19.5 Å². The van der Waals surface area contributed by atoms with Crippen LogP contribution in [0.2, 0.25) is 0 Å². The standard InChI is InChI=1S/C33H57N3O4/c1-10-13-15-16-17-18-22-36(31(38)28(25(5)12-3)35-32(39)40-33(7,8)9)29(30(37)34-21-14-11-2)27-23-24(4)19-20-26(27)6/h19-20,23,25,28-29H,10-18,21-22H2,1-9H3,(H,34,37)(H,35,39). The zero-order valence-electron chi connectivity index (χ0n) is 26.8. The minimum Gasteiger partial charge on any atom is -0.444 e. The number of rotatable bonds is 17. The molecule has 0 fully saturated rings. The Labute approximate surface area is 244 Å². The van der Waals surface area contributed by atoms with Gasteiger partial charge in [-0.1, -0.05) is 96.4 Å². The van der Waals surface area contributed by atoms with Crippen molar-refractivity contribution in [3.8, 4) is 0 Å². The van der Waals surface area contributed by atoms with E-state index in [0.717, 1.165) is 55.2 Å². The van der Waals surface area contributed by atoms with Gasteiger partial charge in [-0.2, -0.15) is 0 Å². The number of carbonyl (C=O) groups is 3. The number of carbonyl (C=O) groups excluding carboxylic acids is 3. The molecular formula is C33H57N3O4. The fourth-order valence-corrected chi connectivity index (χ4v) is 4.72. The molecule has 0 radical (unpaired) electrons. The number of amides is 3. The second-order valence-corrected chi connectivity index (χ2v) is 12.2. The van der Waals surface area contributed by atoms with E-state index in [2.05, 4.69) is 24.5 Å². The van der Waals surface area contributed by atoms with Crippen LogP contribution in [0.1, 0.15) is 129 Å². The number of ether oxygens (including phenoxy) is 1. The highest BCUT2D eigenvalue weighted by Gasteiger charge is 2.38. The van der Waals surface area contributed by atoms with Crippen molar-refractivity contribution in [2.75, 3.05) is 13.1 Å². The number of aryl methyl sites for hydroxylation is 2. The molecule has 0 saturated heterocycles. The fourth-order valence-electron chi connectivity index (χ4n) is 4.72. The van der Waals surface area contributed by atoms with Gasteiger partial charge in [0.15, 0.2) is 0 Å². The van der Waals surface area contributed by atoms with Gasteiger partial charge in [-0.25, -0.2) is 4.79 Å². The summed E-state index contributed by atoms with van der Waals surface area (Å²) in [6.07, 6.45) is 8.29. The van der Waals surface area contributed by atoms with Crippen molar-refractivity contribution in [2.45, 2.75) is 138 Å².